The van der Waals surface area contributed by atoms with E-state index in [0.717, 1.165) is 16.6 Å². The summed E-state index contributed by atoms with van der Waals surface area (Å²) in [6, 6.07) is 16.9. The van der Waals surface area contributed by atoms with Gasteiger partial charge in [0.2, 0.25) is 0 Å². The third kappa shape index (κ3) is 2.63. The molecule has 0 bridgehead atoms. The third-order valence-electron chi connectivity index (χ3n) is 3.53. The van der Waals surface area contributed by atoms with E-state index in [-0.39, 0.29) is 5.91 Å². The van der Waals surface area contributed by atoms with Gasteiger partial charge in [-0.1, -0.05) is 36.4 Å². The minimum Gasteiger partial charge on any atom is -0.494 e. The van der Waals surface area contributed by atoms with Gasteiger partial charge in [0, 0.05) is 11.1 Å². The number of carbonyl (C=O) groups excluding carboxylic acids is 1. The van der Waals surface area contributed by atoms with Gasteiger partial charge in [-0.25, -0.2) is 4.98 Å². The Labute approximate surface area is 128 Å². The molecule has 3 rings (SSSR count). The number of aromatic nitrogens is 1. The second kappa shape index (κ2) is 5.85. The van der Waals surface area contributed by atoms with E-state index in [0.29, 0.717) is 17.0 Å². The van der Waals surface area contributed by atoms with E-state index in [1.165, 1.54) is 0 Å². The normalized spacial score (nSPS) is 10.5. The highest BCUT2D eigenvalue weighted by molar-refractivity contribution is 6.04. The van der Waals surface area contributed by atoms with Crippen molar-refractivity contribution < 1.29 is 9.53 Å². The molecule has 4 nitrogen and oxygen atoms in total. The van der Waals surface area contributed by atoms with Crippen molar-refractivity contribution in [2.75, 3.05) is 12.4 Å². The SMILES string of the molecule is COc1cccc2ccc(C(=O)Nc3ccccc3C)nc12. The summed E-state index contributed by atoms with van der Waals surface area (Å²) in [7, 11) is 1.59. The van der Waals surface area contributed by atoms with Crippen LogP contribution in [0.5, 0.6) is 5.75 Å². The zero-order valence-corrected chi connectivity index (χ0v) is 12.5. The van der Waals surface area contributed by atoms with Gasteiger partial charge >= 0.3 is 0 Å². The van der Waals surface area contributed by atoms with Gasteiger partial charge in [-0.05, 0) is 30.7 Å². The number of carbonyl (C=O) groups is 1. The topological polar surface area (TPSA) is 51.2 Å². The number of ether oxygens (including phenoxy) is 1. The predicted molar refractivity (Wildman–Crippen MR) is 87.4 cm³/mol. The summed E-state index contributed by atoms with van der Waals surface area (Å²) in [5, 5.41) is 3.82. The lowest BCUT2D eigenvalue weighted by Crippen LogP contribution is -2.14. The van der Waals surface area contributed by atoms with Crippen molar-refractivity contribution in [2.45, 2.75) is 6.92 Å². The lowest BCUT2D eigenvalue weighted by molar-refractivity contribution is 0.102. The van der Waals surface area contributed by atoms with Crippen molar-refractivity contribution in [1.29, 1.82) is 0 Å². The molecule has 0 fully saturated rings. The summed E-state index contributed by atoms with van der Waals surface area (Å²) in [5.74, 6) is 0.421. The molecular weight excluding hydrogens is 276 g/mol. The molecule has 110 valence electrons. The minimum absolute atomic E-state index is 0.234. The van der Waals surface area contributed by atoms with Crippen LogP contribution in [0.25, 0.3) is 10.9 Å². The number of methoxy groups -OCH3 is 1. The average molecular weight is 292 g/mol. The minimum atomic E-state index is -0.234. The number of benzene rings is 2. The smallest absolute Gasteiger partial charge is 0.274 e. The molecule has 4 heteroatoms. The van der Waals surface area contributed by atoms with Crippen molar-refractivity contribution in [2.24, 2.45) is 0 Å². The average Bonchev–Trinajstić information content (AvgIpc) is 2.55. The summed E-state index contributed by atoms with van der Waals surface area (Å²) in [6.07, 6.45) is 0. The molecule has 0 unspecified atom stereocenters. The van der Waals surface area contributed by atoms with E-state index in [9.17, 15) is 4.79 Å². The first kappa shape index (κ1) is 14.1. The fourth-order valence-corrected chi connectivity index (χ4v) is 2.31. The molecule has 0 spiro atoms. The molecule has 0 radical (unpaired) electrons. The van der Waals surface area contributed by atoms with Crippen LogP contribution in [0.15, 0.2) is 54.6 Å². The van der Waals surface area contributed by atoms with Crippen LogP contribution in [0.1, 0.15) is 16.1 Å². The second-order valence-electron chi connectivity index (χ2n) is 5.00. The Morgan fingerprint density at radius 1 is 1.05 bits per heavy atom. The van der Waals surface area contributed by atoms with E-state index < -0.39 is 0 Å². The number of hydrogen-bond donors (Lipinski definition) is 1. The molecule has 3 aromatic rings. The standard InChI is InChI=1S/C18H16N2O2/c1-12-6-3-4-8-14(12)20-18(21)15-11-10-13-7-5-9-16(22-2)17(13)19-15/h3-11H,1-2H3,(H,20,21). The van der Waals surface area contributed by atoms with Gasteiger partial charge in [0.1, 0.15) is 17.0 Å². The van der Waals surface area contributed by atoms with Crippen molar-refractivity contribution in [3.8, 4) is 5.75 Å². The quantitative estimate of drug-likeness (QED) is 0.798. The van der Waals surface area contributed by atoms with Gasteiger partial charge in [0.05, 0.1) is 7.11 Å². The van der Waals surface area contributed by atoms with Crippen molar-refractivity contribution in [3.63, 3.8) is 0 Å². The molecule has 0 saturated carbocycles. The second-order valence-corrected chi connectivity index (χ2v) is 5.00. The molecular formula is C18H16N2O2. The Hall–Kier alpha value is -2.88. The number of hydrogen-bond acceptors (Lipinski definition) is 3. The van der Waals surface area contributed by atoms with Crippen LogP contribution < -0.4 is 10.1 Å². The Bertz CT molecular complexity index is 843. The Kier molecular flexibility index (Phi) is 3.74. The van der Waals surface area contributed by atoms with Gasteiger partial charge in [-0.3, -0.25) is 4.79 Å². The summed E-state index contributed by atoms with van der Waals surface area (Å²) >= 11 is 0. The van der Waals surface area contributed by atoms with E-state index >= 15 is 0 Å². The van der Waals surface area contributed by atoms with Crippen LogP contribution in [-0.2, 0) is 0 Å². The number of para-hydroxylation sites is 2. The first-order valence-electron chi connectivity index (χ1n) is 7.00. The highest BCUT2D eigenvalue weighted by atomic mass is 16.5. The van der Waals surface area contributed by atoms with Gasteiger partial charge in [0.15, 0.2) is 0 Å². The maximum Gasteiger partial charge on any atom is 0.274 e. The van der Waals surface area contributed by atoms with Crippen LogP contribution in [-0.4, -0.2) is 18.0 Å². The summed E-state index contributed by atoms with van der Waals surface area (Å²) in [6.45, 7) is 1.95. The van der Waals surface area contributed by atoms with Crippen LogP contribution in [0.2, 0.25) is 0 Å². The lowest BCUT2D eigenvalue weighted by atomic mass is 10.1. The lowest BCUT2D eigenvalue weighted by Gasteiger charge is -2.09. The number of fused-ring (bicyclic) bond motifs is 1. The molecule has 0 saturated heterocycles. The highest BCUT2D eigenvalue weighted by Crippen LogP contribution is 2.24. The van der Waals surface area contributed by atoms with E-state index in [1.54, 1.807) is 13.2 Å². The first-order chi connectivity index (χ1) is 10.7. The largest absolute Gasteiger partial charge is 0.494 e. The van der Waals surface area contributed by atoms with Gasteiger partial charge in [-0.2, -0.15) is 0 Å². The summed E-state index contributed by atoms with van der Waals surface area (Å²) in [4.78, 5) is 16.8. The molecule has 0 aliphatic rings. The Morgan fingerprint density at radius 2 is 1.86 bits per heavy atom. The van der Waals surface area contributed by atoms with Crippen molar-refractivity contribution >= 4 is 22.5 Å². The third-order valence-corrected chi connectivity index (χ3v) is 3.53. The Balaban J connectivity index is 1.96. The molecule has 1 heterocycles. The molecule has 0 aliphatic carbocycles. The zero-order chi connectivity index (χ0) is 15.5. The number of pyridine rings is 1. The first-order valence-corrected chi connectivity index (χ1v) is 7.00. The van der Waals surface area contributed by atoms with Crippen LogP contribution >= 0.6 is 0 Å². The predicted octanol–water partition coefficient (Wildman–Crippen LogP) is 3.80. The number of amides is 1. The Morgan fingerprint density at radius 3 is 2.64 bits per heavy atom. The summed E-state index contributed by atoms with van der Waals surface area (Å²) in [5.41, 5.74) is 2.84. The van der Waals surface area contributed by atoms with E-state index in [1.807, 2.05) is 55.5 Å². The maximum atomic E-state index is 12.4. The molecule has 1 N–H and O–H groups in total. The number of aryl methyl sites for hydroxylation is 1. The molecule has 0 atom stereocenters. The zero-order valence-electron chi connectivity index (χ0n) is 12.5. The van der Waals surface area contributed by atoms with Crippen molar-refractivity contribution in [3.05, 3.63) is 65.9 Å². The van der Waals surface area contributed by atoms with Gasteiger partial charge in [0.25, 0.3) is 5.91 Å². The molecule has 22 heavy (non-hydrogen) atoms. The highest BCUT2D eigenvalue weighted by Gasteiger charge is 2.11. The number of anilines is 1. The molecule has 0 aliphatic heterocycles. The van der Waals surface area contributed by atoms with Crippen LogP contribution in [0.3, 0.4) is 0 Å². The van der Waals surface area contributed by atoms with E-state index in [2.05, 4.69) is 10.3 Å². The number of nitrogens with zero attached hydrogens (tertiary/aromatic N) is 1. The number of rotatable bonds is 3. The monoisotopic (exact) mass is 292 g/mol. The summed E-state index contributed by atoms with van der Waals surface area (Å²) < 4.78 is 5.31. The molecule has 1 amide bonds. The van der Waals surface area contributed by atoms with Crippen LogP contribution in [0, 0.1) is 6.92 Å². The fraction of sp³-hybridized carbons (Fsp3) is 0.111. The fourth-order valence-electron chi connectivity index (χ4n) is 2.31. The number of nitrogens with one attached hydrogen (secondary N) is 1. The maximum absolute atomic E-state index is 12.4. The molecule has 1 aromatic heterocycles. The van der Waals surface area contributed by atoms with Crippen LogP contribution in [0.4, 0.5) is 5.69 Å². The van der Waals surface area contributed by atoms with E-state index in [4.69, 9.17) is 4.74 Å². The van der Waals surface area contributed by atoms with Gasteiger partial charge < -0.3 is 10.1 Å². The molecule has 2 aromatic carbocycles. The van der Waals surface area contributed by atoms with Gasteiger partial charge in [-0.15, -0.1) is 0 Å². The van der Waals surface area contributed by atoms with Crippen molar-refractivity contribution in [1.82, 2.24) is 4.98 Å².